The molecular formula is C13H19ClN2OS. The fourth-order valence-corrected chi connectivity index (χ4v) is 2.32. The fraction of sp³-hybridized carbons (Fsp3) is 0.462. The predicted octanol–water partition coefficient (Wildman–Crippen LogP) is 2.57. The zero-order chi connectivity index (χ0) is 13.7. The van der Waals surface area contributed by atoms with Gasteiger partial charge in [0.05, 0.1) is 5.02 Å². The van der Waals surface area contributed by atoms with Crippen LogP contribution >= 0.6 is 23.8 Å². The molecule has 0 heterocycles. The van der Waals surface area contributed by atoms with Gasteiger partial charge in [-0.15, -0.1) is 0 Å². The molecule has 0 aliphatic heterocycles. The zero-order valence-electron chi connectivity index (χ0n) is 10.7. The molecule has 100 valence electrons. The molecule has 0 fully saturated rings. The van der Waals surface area contributed by atoms with Crippen LogP contribution in [0.15, 0.2) is 18.2 Å². The molecule has 5 heteroatoms. The van der Waals surface area contributed by atoms with Crippen molar-refractivity contribution < 1.29 is 5.11 Å². The molecule has 0 aliphatic rings. The number of halogens is 1. The summed E-state index contributed by atoms with van der Waals surface area (Å²) in [4.78, 5) is 2.49. The van der Waals surface area contributed by atoms with Gasteiger partial charge in [-0.25, -0.2) is 0 Å². The smallest absolute Gasteiger partial charge is 0.105 e. The Kier molecular flexibility index (Phi) is 5.85. The van der Waals surface area contributed by atoms with Crippen LogP contribution in [0, 0.1) is 0 Å². The summed E-state index contributed by atoms with van der Waals surface area (Å²) in [6.07, 6.45) is 0.729. The minimum atomic E-state index is 0.182. The van der Waals surface area contributed by atoms with Crippen LogP contribution in [0.5, 0.6) is 0 Å². The average Bonchev–Trinajstić information content (AvgIpc) is 2.28. The molecule has 3 nitrogen and oxygen atoms in total. The lowest BCUT2D eigenvalue weighted by atomic mass is 10.1. The molecule has 0 atom stereocenters. The first-order valence-electron chi connectivity index (χ1n) is 5.94. The molecule has 0 aromatic heterocycles. The van der Waals surface area contributed by atoms with Gasteiger partial charge in [0.1, 0.15) is 4.99 Å². The molecule has 0 radical (unpaired) electrons. The first-order chi connectivity index (χ1) is 8.47. The zero-order valence-corrected chi connectivity index (χ0v) is 12.3. The Balaban J connectivity index is 2.99. The highest BCUT2D eigenvalue weighted by atomic mass is 35.5. The lowest BCUT2D eigenvalue weighted by Gasteiger charge is -2.29. The number of aliphatic hydroxyl groups is 1. The third-order valence-electron chi connectivity index (χ3n) is 2.73. The van der Waals surface area contributed by atoms with Gasteiger partial charge < -0.3 is 15.7 Å². The van der Waals surface area contributed by atoms with Gasteiger partial charge >= 0.3 is 0 Å². The minimum absolute atomic E-state index is 0.182. The van der Waals surface area contributed by atoms with Crippen molar-refractivity contribution in [3.8, 4) is 0 Å². The second-order valence-electron chi connectivity index (χ2n) is 4.39. The van der Waals surface area contributed by atoms with Crippen molar-refractivity contribution >= 4 is 34.5 Å². The van der Waals surface area contributed by atoms with E-state index in [9.17, 15) is 0 Å². The molecule has 0 saturated heterocycles. The van der Waals surface area contributed by atoms with E-state index < -0.39 is 0 Å². The second kappa shape index (κ2) is 6.92. The normalized spacial score (nSPS) is 10.7. The molecule has 0 spiro atoms. The summed E-state index contributed by atoms with van der Waals surface area (Å²) in [5.74, 6) is 0. The summed E-state index contributed by atoms with van der Waals surface area (Å²) >= 11 is 11.1. The second-order valence-corrected chi connectivity index (χ2v) is 5.24. The Labute approximate surface area is 119 Å². The third kappa shape index (κ3) is 3.83. The van der Waals surface area contributed by atoms with Crippen LogP contribution in [0.4, 0.5) is 5.69 Å². The first kappa shape index (κ1) is 15.2. The van der Waals surface area contributed by atoms with E-state index in [1.807, 2.05) is 18.2 Å². The number of hydrogen-bond acceptors (Lipinski definition) is 3. The number of rotatable bonds is 6. The first-order valence-corrected chi connectivity index (χ1v) is 6.72. The largest absolute Gasteiger partial charge is 0.396 e. The summed E-state index contributed by atoms with van der Waals surface area (Å²) in [7, 11) is 0. The summed E-state index contributed by atoms with van der Waals surface area (Å²) in [6.45, 7) is 5.18. The van der Waals surface area contributed by atoms with E-state index in [0.717, 1.165) is 18.7 Å². The van der Waals surface area contributed by atoms with Crippen LogP contribution in [0.3, 0.4) is 0 Å². The van der Waals surface area contributed by atoms with Gasteiger partial charge in [0.2, 0.25) is 0 Å². The number of benzene rings is 1. The number of hydrogen-bond donors (Lipinski definition) is 2. The lowest BCUT2D eigenvalue weighted by molar-refractivity contribution is 0.288. The number of nitrogens with zero attached hydrogens (tertiary/aromatic N) is 1. The highest BCUT2D eigenvalue weighted by Crippen LogP contribution is 2.25. The van der Waals surface area contributed by atoms with Gasteiger partial charge in [0.25, 0.3) is 0 Å². The summed E-state index contributed by atoms with van der Waals surface area (Å²) in [5, 5.41) is 9.49. The van der Waals surface area contributed by atoms with Crippen LogP contribution in [0.1, 0.15) is 25.8 Å². The van der Waals surface area contributed by atoms with Crippen molar-refractivity contribution in [1.29, 1.82) is 0 Å². The maximum absolute atomic E-state index is 8.93. The van der Waals surface area contributed by atoms with Crippen LogP contribution in [0.25, 0.3) is 0 Å². The van der Waals surface area contributed by atoms with Crippen LogP contribution in [0.2, 0.25) is 5.02 Å². The number of aliphatic hydroxyl groups excluding tert-OH is 1. The van der Waals surface area contributed by atoms with Crippen molar-refractivity contribution in [2.75, 3.05) is 18.1 Å². The topological polar surface area (TPSA) is 49.5 Å². The van der Waals surface area contributed by atoms with Crippen molar-refractivity contribution in [3.63, 3.8) is 0 Å². The summed E-state index contributed by atoms with van der Waals surface area (Å²) in [5.41, 5.74) is 7.29. The Morgan fingerprint density at radius 1 is 1.50 bits per heavy atom. The molecule has 0 amide bonds. The van der Waals surface area contributed by atoms with Gasteiger partial charge in [-0.2, -0.15) is 0 Å². The van der Waals surface area contributed by atoms with E-state index in [1.165, 1.54) is 0 Å². The summed E-state index contributed by atoms with van der Waals surface area (Å²) in [6, 6.07) is 6.00. The number of thiocarbonyl (C=S) groups is 1. The minimum Gasteiger partial charge on any atom is -0.396 e. The highest BCUT2D eigenvalue weighted by molar-refractivity contribution is 7.80. The Morgan fingerprint density at radius 3 is 2.61 bits per heavy atom. The monoisotopic (exact) mass is 286 g/mol. The third-order valence-corrected chi connectivity index (χ3v) is 3.26. The Hall–Kier alpha value is -0.840. The maximum atomic E-state index is 8.93. The van der Waals surface area contributed by atoms with Crippen LogP contribution in [-0.2, 0) is 0 Å². The number of nitrogens with two attached hydrogens (primary N) is 1. The van der Waals surface area contributed by atoms with E-state index in [-0.39, 0.29) is 6.61 Å². The quantitative estimate of drug-likeness (QED) is 0.789. The molecule has 1 aromatic rings. The van der Waals surface area contributed by atoms with Crippen molar-refractivity contribution in [2.24, 2.45) is 5.73 Å². The molecule has 0 saturated carbocycles. The van der Waals surface area contributed by atoms with Gasteiger partial charge in [0, 0.05) is 30.4 Å². The molecule has 1 aromatic carbocycles. The van der Waals surface area contributed by atoms with Gasteiger partial charge in [-0.05, 0) is 38.5 Å². The fourth-order valence-electron chi connectivity index (χ4n) is 1.81. The predicted molar refractivity (Wildman–Crippen MR) is 81.5 cm³/mol. The number of anilines is 1. The average molecular weight is 287 g/mol. The molecule has 3 N–H and O–H groups in total. The van der Waals surface area contributed by atoms with Crippen LogP contribution in [-0.4, -0.2) is 29.3 Å². The highest BCUT2D eigenvalue weighted by Gasteiger charge is 2.12. The van der Waals surface area contributed by atoms with Gasteiger partial charge in [-0.1, -0.05) is 23.8 Å². The van der Waals surface area contributed by atoms with Crippen LogP contribution < -0.4 is 10.6 Å². The Morgan fingerprint density at radius 2 is 2.17 bits per heavy atom. The van der Waals surface area contributed by atoms with Crippen molar-refractivity contribution in [1.82, 2.24) is 0 Å². The maximum Gasteiger partial charge on any atom is 0.105 e. The van der Waals surface area contributed by atoms with E-state index in [4.69, 9.17) is 34.7 Å². The Bertz CT molecular complexity index is 423. The van der Waals surface area contributed by atoms with Gasteiger partial charge in [0.15, 0.2) is 0 Å². The van der Waals surface area contributed by atoms with Gasteiger partial charge in [-0.3, -0.25) is 0 Å². The van der Waals surface area contributed by atoms with Crippen molar-refractivity contribution in [3.05, 3.63) is 28.8 Å². The molecule has 0 bridgehead atoms. The molecule has 18 heavy (non-hydrogen) atoms. The molecule has 0 aliphatic carbocycles. The molecule has 1 rings (SSSR count). The lowest BCUT2D eigenvalue weighted by Crippen LogP contribution is -2.32. The van der Waals surface area contributed by atoms with E-state index in [1.54, 1.807) is 0 Å². The standard InChI is InChI=1S/C13H19ClN2OS/c1-9(2)16(6-3-7-17)10-4-5-11(13(15)18)12(14)8-10/h4-5,8-9,17H,3,6-7H2,1-2H3,(H2,15,18). The SMILES string of the molecule is CC(C)N(CCCO)c1ccc(C(N)=S)c(Cl)c1. The molecule has 0 unspecified atom stereocenters. The van der Waals surface area contributed by atoms with E-state index >= 15 is 0 Å². The van der Waals surface area contributed by atoms with Crippen molar-refractivity contribution in [2.45, 2.75) is 26.3 Å². The van der Waals surface area contributed by atoms with E-state index in [0.29, 0.717) is 21.6 Å². The molecular weight excluding hydrogens is 268 g/mol. The van der Waals surface area contributed by atoms with E-state index in [2.05, 4.69) is 18.7 Å². The summed E-state index contributed by atoms with van der Waals surface area (Å²) < 4.78 is 0.